The average Bonchev–Trinajstić information content (AvgIpc) is 2.89. The molecule has 2 rings (SSSR count). The van der Waals surface area contributed by atoms with Gasteiger partial charge in [0.2, 0.25) is 0 Å². The van der Waals surface area contributed by atoms with Crippen molar-refractivity contribution in [2.75, 3.05) is 13.2 Å². The molecule has 0 bridgehead atoms. The largest absolute Gasteiger partial charge is 0.493 e. The number of ether oxygens (including phenoxy) is 2. The lowest BCUT2D eigenvalue weighted by molar-refractivity contribution is 0.0981. The predicted molar refractivity (Wildman–Crippen MR) is 85.2 cm³/mol. The van der Waals surface area contributed by atoms with Crippen LogP contribution in [-0.4, -0.2) is 25.4 Å². The molecular formula is C16H24BrNO2. The van der Waals surface area contributed by atoms with Crippen LogP contribution in [0.4, 0.5) is 0 Å². The molecule has 0 amide bonds. The molecular weight excluding hydrogens is 318 g/mol. The van der Waals surface area contributed by atoms with E-state index in [0.29, 0.717) is 6.10 Å². The highest BCUT2D eigenvalue weighted by Crippen LogP contribution is 2.25. The number of halogens is 1. The zero-order valence-corrected chi connectivity index (χ0v) is 13.7. The van der Waals surface area contributed by atoms with Crippen LogP contribution in [0.3, 0.4) is 0 Å². The van der Waals surface area contributed by atoms with Gasteiger partial charge in [-0.3, -0.25) is 0 Å². The van der Waals surface area contributed by atoms with Gasteiger partial charge in [0.25, 0.3) is 0 Å². The summed E-state index contributed by atoms with van der Waals surface area (Å²) in [5.74, 6) is 0.956. The molecule has 0 spiro atoms. The molecule has 1 heterocycles. The van der Waals surface area contributed by atoms with Crippen molar-refractivity contribution >= 4 is 15.9 Å². The Kier molecular flexibility index (Phi) is 6.33. The lowest BCUT2D eigenvalue weighted by Crippen LogP contribution is -2.18. The second kappa shape index (κ2) is 8.01. The van der Waals surface area contributed by atoms with E-state index in [1.165, 1.54) is 18.4 Å². The number of nitrogens with two attached hydrogens (primary N) is 1. The molecule has 1 aliphatic rings. The quantitative estimate of drug-likeness (QED) is 0.769. The summed E-state index contributed by atoms with van der Waals surface area (Å²) < 4.78 is 12.6. The molecule has 4 heteroatoms. The van der Waals surface area contributed by atoms with Gasteiger partial charge in [-0.25, -0.2) is 0 Å². The van der Waals surface area contributed by atoms with Crippen molar-refractivity contribution in [3.8, 4) is 5.75 Å². The Hall–Kier alpha value is -0.580. The minimum atomic E-state index is 0.138. The summed E-state index contributed by atoms with van der Waals surface area (Å²) >= 11 is 3.50. The summed E-state index contributed by atoms with van der Waals surface area (Å²) in [5.41, 5.74) is 7.07. The van der Waals surface area contributed by atoms with Crippen molar-refractivity contribution in [3.63, 3.8) is 0 Å². The van der Waals surface area contributed by atoms with Gasteiger partial charge in [0.05, 0.1) is 12.7 Å². The molecule has 20 heavy (non-hydrogen) atoms. The van der Waals surface area contributed by atoms with E-state index in [2.05, 4.69) is 22.0 Å². The molecule has 2 unspecified atom stereocenters. The van der Waals surface area contributed by atoms with Crippen molar-refractivity contribution in [2.45, 2.75) is 51.2 Å². The van der Waals surface area contributed by atoms with Gasteiger partial charge in [0.15, 0.2) is 0 Å². The van der Waals surface area contributed by atoms with Crippen molar-refractivity contribution in [1.29, 1.82) is 0 Å². The van der Waals surface area contributed by atoms with Gasteiger partial charge in [0.1, 0.15) is 5.75 Å². The minimum Gasteiger partial charge on any atom is -0.493 e. The molecule has 3 nitrogen and oxygen atoms in total. The maximum atomic E-state index is 5.92. The smallest absolute Gasteiger partial charge is 0.122 e. The standard InChI is InChI=1S/C16H24BrNO2/c1-12(18)10-13-11-14(17)6-7-16(13)20-9-3-5-15-4-2-8-19-15/h6-7,11-12,15H,2-5,8-10,18H2,1H3. The molecule has 2 N–H and O–H groups in total. The van der Waals surface area contributed by atoms with E-state index in [-0.39, 0.29) is 6.04 Å². The van der Waals surface area contributed by atoms with Crippen molar-refractivity contribution in [3.05, 3.63) is 28.2 Å². The first-order valence-corrected chi connectivity index (χ1v) is 8.23. The molecule has 1 aromatic carbocycles. The van der Waals surface area contributed by atoms with Crippen LogP contribution in [-0.2, 0) is 11.2 Å². The average molecular weight is 342 g/mol. The lowest BCUT2D eigenvalue weighted by atomic mass is 10.1. The maximum absolute atomic E-state index is 5.92. The van der Waals surface area contributed by atoms with Crippen LogP contribution in [0.1, 0.15) is 38.2 Å². The molecule has 0 aliphatic carbocycles. The Labute approximate surface area is 130 Å². The van der Waals surface area contributed by atoms with E-state index in [1.54, 1.807) is 0 Å². The first kappa shape index (κ1) is 15.8. The predicted octanol–water partition coefficient (Wildman–Crippen LogP) is 3.68. The number of rotatable bonds is 7. The summed E-state index contributed by atoms with van der Waals surface area (Å²) in [6.07, 6.45) is 5.83. The number of hydrogen-bond donors (Lipinski definition) is 1. The van der Waals surface area contributed by atoms with Crippen LogP contribution in [0.15, 0.2) is 22.7 Å². The van der Waals surface area contributed by atoms with E-state index >= 15 is 0 Å². The highest BCUT2D eigenvalue weighted by Gasteiger charge is 2.15. The first-order chi connectivity index (χ1) is 9.65. The Morgan fingerprint density at radius 2 is 2.35 bits per heavy atom. The van der Waals surface area contributed by atoms with E-state index in [1.807, 2.05) is 19.1 Å². The van der Waals surface area contributed by atoms with E-state index in [9.17, 15) is 0 Å². The highest BCUT2D eigenvalue weighted by atomic mass is 79.9. The van der Waals surface area contributed by atoms with Crippen LogP contribution in [0.5, 0.6) is 5.75 Å². The van der Waals surface area contributed by atoms with E-state index < -0.39 is 0 Å². The zero-order chi connectivity index (χ0) is 14.4. The monoisotopic (exact) mass is 341 g/mol. The molecule has 1 saturated heterocycles. The highest BCUT2D eigenvalue weighted by molar-refractivity contribution is 9.10. The second-order valence-corrected chi connectivity index (χ2v) is 6.47. The van der Waals surface area contributed by atoms with Gasteiger partial charge < -0.3 is 15.2 Å². The third-order valence-electron chi connectivity index (χ3n) is 3.52. The van der Waals surface area contributed by atoms with Gasteiger partial charge in [-0.1, -0.05) is 15.9 Å². The topological polar surface area (TPSA) is 44.5 Å². The Morgan fingerprint density at radius 1 is 1.50 bits per heavy atom. The van der Waals surface area contributed by atoms with Crippen molar-refractivity contribution in [2.24, 2.45) is 5.73 Å². The molecule has 0 aromatic heterocycles. The Morgan fingerprint density at radius 3 is 3.05 bits per heavy atom. The fourth-order valence-corrected chi connectivity index (χ4v) is 2.97. The molecule has 1 fully saturated rings. The number of hydrogen-bond acceptors (Lipinski definition) is 3. The summed E-state index contributed by atoms with van der Waals surface area (Å²) in [6, 6.07) is 6.27. The van der Waals surface area contributed by atoms with Crippen LogP contribution in [0.2, 0.25) is 0 Å². The lowest BCUT2D eigenvalue weighted by Gasteiger charge is -2.14. The normalized spacial score (nSPS) is 20.1. The van der Waals surface area contributed by atoms with Crippen LogP contribution in [0, 0.1) is 0 Å². The van der Waals surface area contributed by atoms with Crippen LogP contribution >= 0.6 is 15.9 Å². The molecule has 112 valence electrons. The number of benzene rings is 1. The van der Waals surface area contributed by atoms with Gasteiger partial charge in [-0.15, -0.1) is 0 Å². The van der Waals surface area contributed by atoms with Gasteiger partial charge in [-0.2, -0.15) is 0 Å². The van der Waals surface area contributed by atoms with E-state index in [0.717, 1.165) is 42.7 Å². The summed E-state index contributed by atoms with van der Waals surface area (Å²) in [4.78, 5) is 0. The summed E-state index contributed by atoms with van der Waals surface area (Å²) in [6.45, 7) is 3.69. The van der Waals surface area contributed by atoms with Gasteiger partial charge in [0, 0.05) is 17.1 Å². The minimum absolute atomic E-state index is 0.138. The maximum Gasteiger partial charge on any atom is 0.122 e. The molecule has 0 radical (unpaired) electrons. The fraction of sp³-hybridized carbons (Fsp3) is 0.625. The van der Waals surface area contributed by atoms with Crippen LogP contribution in [0.25, 0.3) is 0 Å². The van der Waals surface area contributed by atoms with Gasteiger partial charge in [-0.05, 0) is 62.8 Å². The third-order valence-corrected chi connectivity index (χ3v) is 4.01. The second-order valence-electron chi connectivity index (χ2n) is 5.56. The Balaban J connectivity index is 1.81. The fourth-order valence-electron chi connectivity index (χ4n) is 2.56. The molecule has 0 saturated carbocycles. The third kappa shape index (κ3) is 5.08. The van der Waals surface area contributed by atoms with Crippen LogP contribution < -0.4 is 10.5 Å². The first-order valence-electron chi connectivity index (χ1n) is 7.43. The Bertz CT molecular complexity index is 417. The van der Waals surface area contributed by atoms with E-state index in [4.69, 9.17) is 15.2 Å². The summed E-state index contributed by atoms with van der Waals surface area (Å²) in [5, 5.41) is 0. The zero-order valence-electron chi connectivity index (χ0n) is 12.1. The molecule has 2 atom stereocenters. The summed E-state index contributed by atoms with van der Waals surface area (Å²) in [7, 11) is 0. The SMILES string of the molecule is CC(N)Cc1cc(Br)ccc1OCCCC1CCCO1. The van der Waals surface area contributed by atoms with Crippen molar-refractivity contribution < 1.29 is 9.47 Å². The van der Waals surface area contributed by atoms with Gasteiger partial charge >= 0.3 is 0 Å². The van der Waals surface area contributed by atoms with Crippen molar-refractivity contribution in [1.82, 2.24) is 0 Å². The molecule has 1 aromatic rings. The molecule has 1 aliphatic heterocycles.